The highest BCUT2D eigenvalue weighted by Gasteiger charge is 2.58. The summed E-state index contributed by atoms with van der Waals surface area (Å²) in [4.78, 5) is 10.1. The Hall–Kier alpha value is -0.810. The van der Waals surface area contributed by atoms with Crippen LogP contribution in [0, 0.1) is 11.3 Å². The molecule has 1 N–H and O–H groups in total. The summed E-state index contributed by atoms with van der Waals surface area (Å²) in [6.07, 6.45) is 8.38. The number of rotatable bonds is 3. The number of guanidine groups is 1. The first-order valence-electron chi connectivity index (χ1n) is 11.0. The van der Waals surface area contributed by atoms with Crippen LogP contribution in [-0.4, -0.2) is 73.3 Å². The molecular formula is C21H38N4O. The molecule has 0 aromatic carbocycles. The molecule has 4 atom stereocenters. The maximum Gasteiger partial charge on any atom is 0.194 e. The van der Waals surface area contributed by atoms with E-state index in [4.69, 9.17) is 9.73 Å². The molecule has 0 amide bonds. The lowest BCUT2D eigenvalue weighted by Gasteiger charge is -2.60. The molecule has 26 heavy (non-hydrogen) atoms. The number of likely N-dealkylation sites (tertiary alicyclic amines) is 2. The Morgan fingerprint density at radius 1 is 1.12 bits per heavy atom. The molecule has 3 aliphatic heterocycles. The van der Waals surface area contributed by atoms with Gasteiger partial charge in [-0.25, -0.2) is 0 Å². The van der Waals surface area contributed by atoms with Gasteiger partial charge in [0.15, 0.2) is 5.96 Å². The maximum atomic E-state index is 6.09. The van der Waals surface area contributed by atoms with E-state index in [0.29, 0.717) is 18.1 Å². The Morgan fingerprint density at radius 3 is 2.69 bits per heavy atom. The molecule has 0 radical (unpaired) electrons. The molecule has 0 aromatic heterocycles. The molecule has 4 unspecified atom stereocenters. The number of hydrogen-bond donors (Lipinski definition) is 1. The Balaban J connectivity index is 1.40. The molecule has 148 valence electrons. The quantitative estimate of drug-likeness (QED) is 0.619. The van der Waals surface area contributed by atoms with Crippen LogP contribution in [0.3, 0.4) is 0 Å². The SMILES string of the molecule is CCN=C(NC1C2CCCOC2C1(C)C)N1CCC(N2CCCCC2)C1. The van der Waals surface area contributed by atoms with Crippen molar-refractivity contribution >= 4 is 5.96 Å². The Labute approximate surface area is 159 Å². The maximum absolute atomic E-state index is 6.09. The lowest BCUT2D eigenvalue weighted by atomic mass is 9.55. The Morgan fingerprint density at radius 2 is 1.92 bits per heavy atom. The summed E-state index contributed by atoms with van der Waals surface area (Å²) in [6, 6.07) is 1.21. The van der Waals surface area contributed by atoms with E-state index in [0.717, 1.165) is 38.2 Å². The van der Waals surface area contributed by atoms with Gasteiger partial charge in [0.05, 0.1) is 6.10 Å². The fourth-order valence-electron chi connectivity index (χ4n) is 5.86. The van der Waals surface area contributed by atoms with E-state index in [1.165, 1.54) is 51.6 Å². The first kappa shape index (κ1) is 18.5. The van der Waals surface area contributed by atoms with E-state index in [1.54, 1.807) is 0 Å². The minimum absolute atomic E-state index is 0.200. The summed E-state index contributed by atoms with van der Waals surface area (Å²) >= 11 is 0. The summed E-state index contributed by atoms with van der Waals surface area (Å²) in [6.45, 7) is 13.5. The predicted molar refractivity (Wildman–Crippen MR) is 107 cm³/mol. The summed E-state index contributed by atoms with van der Waals surface area (Å²) in [5, 5.41) is 3.89. The third kappa shape index (κ3) is 3.37. The number of nitrogens with one attached hydrogen (secondary N) is 1. The Kier molecular flexibility index (Phi) is 5.47. The molecule has 1 aliphatic carbocycles. The normalized spacial score (nSPS) is 38.0. The van der Waals surface area contributed by atoms with E-state index in [9.17, 15) is 0 Å². The van der Waals surface area contributed by atoms with Gasteiger partial charge in [-0.15, -0.1) is 0 Å². The van der Waals surface area contributed by atoms with Crippen molar-refractivity contribution in [1.82, 2.24) is 15.1 Å². The van der Waals surface area contributed by atoms with Gasteiger partial charge in [0.2, 0.25) is 0 Å². The second kappa shape index (κ2) is 7.67. The average molecular weight is 363 g/mol. The number of piperidine rings is 1. The first-order chi connectivity index (χ1) is 12.6. The molecule has 0 bridgehead atoms. The minimum atomic E-state index is 0.200. The molecule has 5 nitrogen and oxygen atoms in total. The predicted octanol–water partition coefficient (Wildman–Crippen LogP) is 2.72. The zero-order valence-corrected chi connectivity index (χ0v) is 17.0. The van der Waals surface area contributed by atoms with E-state index in [2.05, 4.69) is 35.9 Å². The molecule has 3 heterocycles. The third-order valence-corrected chi connectivity index (χ3v) is 7.29. The van der Waals surface area contributed by atoms with Crippen molar-refractivity contribution in [2.24, 2.45) is 16.3 Å². The molecule has 4 aliphatic rings. The first-order valence-corrected chi connectivity index (χ1v) is 11.0. The molecular weight excluding hydrogens is 324 g/mol. The van der Waals surface area contributed by atoms with Gasteiger partial charge >= 0.3 is 0 Å². The summed E-state index contributed by atoms with van der Waals surface area (Å²) in [5.74, 6) is 1.80. The molecule has 3 saturated heterocycles. The highest BCUT2D eigenvalue weighted by Crippen LogP contribution is 2.51. The van der Waals surface area contributed by atoms with Crippen molar-refractivity contribution in [3.63, 3.8) is 0 Å². The summed E-state index contributed by atoms with van der Waals surface area (Å²) < 4.78 is 6.09. The molecule has 0 aromatic rings. The molecule has 0 spiro atoms. The fraction of sp³-hybridized carbons (Fsp3) is 0.952. The van der Waals surface area contributed by atoms with Crippen LogP contribution in [0.5, 0.6) is 0 Å². The lowest BCUT2D eigenvalue weighted by Crippen LogP contribution is -2.71. The van der Waals surface area contributed by atoms with E-state index < -0.39 is 0 Å². The summed E-state index contributed by atoms with van der Waals surface area (Å²) in [7, 11) is 0. The highest BCUT2D eigenvalue weighted by molar-refractivity contribution is 5.81. The number of hydrogen-bond acceptors (Lipinski definition) is 3. The van der Waals surface area contributed by atoms with Crippen molar-refractivity contribution in [3.05, 3.63) is 0 Å². The second-order valence-corrected chi connectivity index (χ2v) is 9.32. The van der Waals surface area contributed by atoms with E-state index in [1.807, 2.05) is 0 Å². The van der Waals surface area contributed by atoms with Gasteiger partial charge in [-0.05, 0) is 52.1 Å². The van der Waals surface area contributed by atoms with Crippen LogP contribution in [-0.2, 0) is 4.74 Å². The van der Waals surface area contributed by atoms with Crippen molar-refractivity contribution in [1.29, 1.82) is 0 Å². The monoisotopic (exact) mass is 362 g/mol. The number of fused-ring (bicyclic) bond motifs is 1. The average Bonchev–Trinajstić information content (AvgIpc) is 3.16. The largest absolute Gasteiger partial charge is 0.377 e. The minimum Gasteiger partial charge on any atom is -0.377 e. The van der Waals surface area contributed by atoms with Gasteiger partial charge in [-0.1, -0.05) is 20.3 Å². The van der Waals surface area contributed by atoms with Crippen LogP contribution in [0.1, 0.15) is 59.3 Å². The highest BCUT2D eigenvalue weighted by atomic mass is 16.5. The number of ether oxygens (including phenoxy) is 1. The van der Waals surface area contributed by atoms with Gasteiger partial charge in [0, 0.05) is 49.7 Å². The van der Waals surface area contributed by atoms with Gasteiger partial charge in [0.1, 0.15) is 0 Å². The van der Waals surface area contributed by atoms with Crippen LogP contribution in [0.15, 0.2) is 4.99 Å². The van der Waals surface area contributed by atoms with Crippen molar-refractivity contribution in [2.45, 2.75) is 77.5 Å². The topological polar surface area (TPSA) is 40.1 Å². The number of aliphatic imine (C=N–C) groups is 1. The van der Waals surface area contributed by atoms with Crippen molar-refractivity contribution in [2.75, 3.05) is 39.3 Å². The van der Waals surface area contributed by atoms with Gasteiger partial charge in [-0.2, -0.15) is 0 Å². The zero-order valence-electron chi connectivity index (χ0n) is 17.0. The van der Waals surface area contributed by atoms with Crippen LogP contribution in [0.2, 0.25) is 0 Å². The molecule has 5 heteroatoms. The number of nitrogens with zero attached hydrogens (tertiary/aromatic N) is 3. The molecule has 4 rings (SSSR count). The van der Waals surface area contributed by atoms with Crippen LogP contribution >= 0.6 is 0 Å². The smallest absolute Gasteiger partial charge is 0.194 e. The third-order valence-electron chi connectivity index (χ3n) is 7.29. The summed E-state index contributed by atoms with van der Waals surface area (Å²) in [5.41, 5.74) is 0.200. The fourth-order valence-corrected chi connectivity index (χ4v) is 5.86. The zero-order chi connectivity index (χ0) is 18.1. The van der Waals surface area contributed by atoms with Gasteiger partial charge in [0.25, 0.3) is 0 Å². The van der Waals surface area contributed by atoms with E-state index in [-0.39, 0.29) is 5.41 Å². The van der Waals surface area contributed by atoms with Crippen molar-refractivity contribution < 1.29 is 4.74 Å². The van der Waals surface area contributed by atoms with E-state index >= 15 is 0 Å². The van der Waals surface area contributed by atoms with Crippen LogP contribution < -0.4 is 5.32 Å². The second-order valence-electron chi connectivity index (χ2n) is 9.32. The molecule has 4 fully saturated rings. The van der Waals surface area contributed by atoms with Crippen LogP contribution in [0.25, 0.3) is 0 Å². The van der Waals surface area contributed by atoms with Crippen LogP contribution in [0.4, 0.5) is 0 Å². The molecule has 1 saturated carbocycles. The lowest BCUT2D eigenvalue weighted by molar-refractivity contribution is -0.188. The van der Waals surface area contributed by atoms with Gasteiger partial charge < -0.3 is 15.0 Å². The van der Waals surface area contributed by atoms with Crippen molar-refractivity contribution in [3.8, 4) is 0 Å². The van der Waals surface area contributed by atoms with Gasteiger partial charge in [-0.3, -0.25) is 9.89 Å². The standard InChI is InChI=1S/C21H38N4O/c1-4-22-20(23-18-17-9-8-14-26-19(17)21(18,2)3)25-13-10-16(15-25)24-11-6-5-7-12-24/h16-19H,4-15H2,1-3H3,(H,22,23). The Bertz CT molecular complexity index is 514.